The van der Waals surface area contributed by atoms with Gasteiger partial charge in [-0.05, 0) is 95.1 Å². The van der Waals surface area contributed by atoms with E-state index in [4.69, 9.17) is 13.7 Å². The van der Waals surface area contributed by atoms with Crippen LogP contribution in [-0.2, 0) is 23.8 Å². The zero-order valence-corrected chi connectivity index (χ0v) is 23.6. The second-order valence-corrected chi connectivity index (χ2v) is 14.8. The highest BCUT2D eigenvalue weighted by Crippen LogP contribution is 2.67. The Hall–Kier alpha value is -1.64. The zero-order valence-electron chi connectivity index (χ0n) is 22.8. The number of carbonyl (C=O) groups excluding carboxylic acids is 1. The average Bonchev–Trinajstić information content (AvgIpc) is 2.69. The summed E-state index contributed by atoms with van der Waals surface area (Å²) in [6.07, 6.45) is 6.47. The van der Waals surface area contributed by atoms with Crippen molar-refractivity contribution in [2.24, 2.45) is 16.7 Å². The summed E-state index contributed by atoms with van der Waals surface area (Å²) in [5.74, 6) is 0.641. The molecule has 1 aromatic rings. The van der Waals surface area contributed by atoms with Gasteiger partial charge < -0.3 is 14.4 Å². The van der Waals surface area contributed by atoms with Gasteiger partial charge >= 0.3 is 6.09 Å². The molecule has 1 aromatic carbocycles. The maximum absolute atomic E-state index is 13.5. The molecule has 0 aliphatic heterocycles. The predicted molar refractivity (Wildman–Crippen MR) is 138 cm³/mol. The number of rotatable bonds is 9. The van der Waals surface area contributed by atoms with Crippen molar-refractivity contribution in [3.05, 3.63) is 29.8 Å². The summed E-state index contributed by atoms with van der Waals surface area (Å²) >= 11 is 0. The van der Waals surface area contributed by atoms with Crippen LogP contribution in [0.15, 0.2) is 29.2 Å². The Kier molecular flexibility index (Phi) is 7.30. The molecule has 36 heavy (non-hydrogen) atoms. The Balaban J connectivity index is 1.37. The summed E-state index contributed by atoms with van der Waals surface area (Å²) in [6.45, 7) is 13.1. The van der Waals surface area contributed by atoms with Gasteiger partial charge in [-0.1, -0.05) is 31.5 Å². The summed E-state index contributed by atoms with van der Waals surface area (Å²) in [7, 11) is -3.82. The molecule has 0 heterocycles. The van der Waals surface area contributed by atoms with Gasteiger partial charge in [0, 0.05) is 12.1 Å². The first-order chi connectivity index (χ1) is 16.6. The van der Waals surface area contributed by atoms with Crippen LogP contribution in [0.3, 0.4) is 0 Å². The maximum Gasteiger partial charge on any atom is 0.410 e. The quantitative estimate of drug-likeness (QED) is 0.306. The lowest BCUT2D eigenvalue weighted by Gasteiger charge is -2.67. The topological polar surface area (TPSA) is 82.1 Å². The molecular formula is C28H43NO6S. The molecule has 2 unspecified atom stereocenters. The largest absolute Gasteiger partial charge is 0.444 e. The van der Waals surface area contributed by atoms with E-state index < -0.39 is 15.7 Å². The fourth-order valence-corrected chi connectivity index (χ4v) is 8.65. The second kappa shape index (κ2) is 9.59. The van der Waals surface area contributed by atoms with E-state index in [9.17, 15) is 13.2 Å². The van der Waals surface area contributed by atoms with Gasteiger partial charge in [-0.15, -0.1) is 0 Å². The van der Waals surface area contributed by atoms with Crippen LogP contribution in [0.25, 0.3) is 0 Å². The lowest BCUT2D eigenvalue weighted by Crippen LogP contribution is -2.67. The summed E-state index contributed by atoms with van der Waals surface area (Å²) in [4.78, 5) is 15.5. The van der Waals surface area contributed by atoms with Crippen LogP contribution in [-0.4, -0.2) is 56.9 Å². The highest BCUT2D eigenvalue weighted by molar-refractivity contribution is 7.86. The van der Waals surface area contributed by atoms with Crippen LogP contribution in [0.2, 0.25) is 0 Å². The van der Waals surface area contributed by atoms with Crippen molar-refractivity contribution in [1.82, 2.24) is 4.90 Å². The maximum atomic E-state index is 13.5. The van der Waals surface area contributed by atoms with Crippen molar-refractivity contribution in [1.29, 1.82) is 0 Å². The van der Waals surface area contributed by atoms with Crippen molar-refractivity contribution in [3.63, 3.8) is 0 Å². The molecule has 4 aliphatic carbocycles. The van der Waals surface area contributed by atoms with Crippen LogP contribution >= 0.6 is 0 Å². The van der Waals surface area contributed by atoms with Gasteiger partial charge in [0.05, 0.1) is 24.7 Å². The first kappa shape index (κ1) is 27.4. The van der Waals surface area contributed by atoms with Gasteiger partial charge in [-0.3, -0.25) is 4.18 Å². The van der Waals surface area contributed by atoms with Crippen molar-refractivity contribution < 1.29 is 26.9 Å². The molecule has 0 N–H and O–H groups in total. The van der Waals surface area contributed by atoms with Crippen molar-refractivity contribution >= 4 is 16.2 Å². The van der Waals surface area contributed by atoms with Gasteiger partial charge in [-0.2, -0.15) is 8.42 Å². The minimum absolute atomic E-state index is 0.0774. The number of carbonyl (C=O) groups is 1. The fraction of sp³-hybridized carbons (Fsp3) is 0.750. The molecule has 4 bridgehead atoms. The van der Waals surface area contributed by atoms with Crippen molar-refractivity contribution in [2.75, 3.05) is 26.4 Å². The van der Waals surface area contributed by atoms with Crippen LogP contribution in [0.5, 0.6) is 0 Å². The first-order valence-corrected chi connectivity index (χ1v) is 14.6. The van der Waals surface area contributed by atoms with Crippen LogP contribution in [0, 0.1) is 23.7 Å². The summed E-state index contributed by atoms with van der Waals surface area (Å²) in [5, 5.41) is 0. The van der Waals surface area contributed by atoms with E-state index in [0.717, 1.165) is 24.8 Å². The molecule has 0 radical (unpaired) electrons. The normalized spacial score (nSPS) is 31.4. The SMILES string of the molecule is Cc1ccc(S(=O)(=O)OCCOCCN(C(=O)OC(C)(C)C)C23CC4C[C@@](C)(C2)C[C@](C)(C4)C3)cc1. The predicted octanol–water partition coefficient (Wildman–Crippen LogP) is 5.70. The van der Waals surface area contributed by atoms with Crippen LogP contribution in [0.4, 0.5) is 4.79 Å². The standard InChI is InChI=1S/C28H43NO6S/c1-21-7-9-23(10-8-21)36(31,32)34-14-13-33-12-11-29(24(30)35-25(2,3)4)28-17-22-15-26(5,19-28)18-27(6,16-22)20-28/h7-10,22H,11-20H2,1-6H3/t22?,26-,27+,28?. The highest BCUT2D eigenvalue weighted by Gasteiger charge is 2.63. The molecule has 4 aliphatic rings. The number of hydrogen-bond acceptors (Lipinski definition) is 6. The number of ether oxygens (including phenoxy) is 2. The zero-order chi connectivity index (χ0) is 26.4. The third-order valence-corrected chi connectivity index (χ3v) is 9.34. The smallest absolute Gasteiger partial charge is 0.410 e. The van der Waals surface area contributed by atoms with E-state index in [0.29, 0.717) is 19.1 Å². The molecule has 0 spiro atoms. The third kappa shape index (κ3) is 6.08. The highest BCUT2D eigenvalue weighted by atomic mass is 32.2. The minimum atomic E-state index is -3.82. The van der Waals surface area contributed by atoms with E-state index >= 15 is 0 Å². The summed E-state index contributed by atoms with van der Waals surface area (Å²) < 4.78 is 41.5. The Morgan fingerprint density at radius 3 is 2.14 bits per heavy atom. The lowest BCUT2D eigenvalue weighted by molar-refractivity contribution is -0.159. The monoisotopic (exact) mass is 521 g/mol. The van der Waals surface area contributed by atoms with Crippen molar-refractivity contribution in [3.8, 4) is 0 Å². The number of amides is 1. The van der Waals surface area contributed by atoms with Gasteiger partial charge in [0.2, 0.25) is 0 Å². The molecule has 4 atom stereocenters. The number of hydrogen-bond donors (Lipinski definition) is 0. The molecular weight excluding hydrogens is 478 g/mol. The molecule has 7 nitrogen and oxygen atoms in total. The van der Waals surface area contributed by atoms with E-state index in [1.807, 2.05) is 32.6 Å². The molecule has 0 saturated heterocycles. The number of benzene rings is 1. The molecule has 4 fully saturated rings. The Morgan fingerprint density at radius 1 is 0.972 bits per heavy atom. The molecule has 5 rings (SSSR count). The summed E-state index contributed by atoms with van der Waals surface area (Å²) in [5.41, 5.74) is 0.708. The Morgan fingerprint density at radius 2 is 1.58 bits per heavy atom. The molecule has 0 aromatic heterocycles. The van der Waals surface area contributed by atoms with Gasteiger partial charge in [0.25, 0.3) is 10.1 Å². The first-order valence-electron chi connectivity index (χ1n) is 13.2. The van der Waals surface area contributed by atoms with E-state index in [1.165, 1.54) is 31.4 Å². The molecule has 1 amide bonds. The Bertz CT molecular complexity index is 1040. The van der Waals surface area contributed by atoms with Crippen molar-refractivity contribution in [2.45, 2.75) is 96.1 Å². The van der Waals surface area contributed by atoms with E-state index in [2.05, 4.69) is 13.8 Å². The van der Waals surface area contributed by atoms with Crippen LogP contribution < -0.4 is 0 Å². The van der Waals surface area contributed by atoms with Gasteiger partial charge in [0.1, 0.15) is 5.60 Å². The lowest BCUT2D eigenvalue weighted by atomic mass is 9.42. The molecule has 202 valence electrons. The second-order valence-electron chi connectivity index (χ2n) is 13.2. The fourth-order valence-electron chi connectivity index (χ4n) is 7.76. The van der Waals surface area contributed by atoms with E-state index in [1.54, 1.807) is 12.1 Å². The molecule has 8 heteroatoms. The minimum Gasteiger partial charge on any atom is -0.444 e. The van der Waals surface area contributed by atoms with Gasteiger partial charge in [-0.25, -0.2) is 4.79 Å². The third-order valence-electron chi connectivity index (χ3n) is 8.02. The Labute approximate surface area is 217 Å². The number of aryl methyl sites for hydroxylation is 1. The average molecular weight is 522 g/mol. The van der Waals surface area contributed by atoms with E-state index in [-0.39, 0.29) is 40.6 Å². The van der Waals surface area contributed by atoms with Gasteiger partial charge in [0.15, 0.2) is 0 Å². The molecule has 4 saturated carbocycles. The summed E-state index contributed by atoms with van der Waals surface area (Å²) in [6, 6.07) is 6.56. The number of nitrogens with zero attached hydrogens (tertiary/aromatic N) is 1. The van der Waals surface area contributed by atoms with Crippen LogP contribution in [0.1, 0.15) is 78.7 Å².